The average molecular weight is 455 g/mol. The van der Waals surface area contributed by atoms with E-state index in [4.69, 9.17) is 0 Å². The second kappa shape index (κ2) is 10.4. The number of amides is 2. The lowest BCUT2D eigenvalue weighted by molar-refractivity contribution is -0.120. The topological polar surface area (TPSA) is 76.0 Å². The van der Waals surface area contributed by atoms with Crippen LogP contribution in [0.25, 0.3) is 23.0 Å². The van der Waals surface area contributed by atoms with Crippen LogP contribution in [0.1, 0.15) is 11.1 Å². The second-order valence-electron chi connectivity index (χ2n) is 7.55. The predicted molar refractivity (Wildman–Crippen MR) is 131 cm³/mol. The Morgan fingerprint density at radius 3 is 2.41 bits per heavy atom. The average Bonchev–Trinajstić information content (AvgIpc) is 3.29. The summed E-state index contributed by atoms with van der Waals surface area (Å²) in [5.74, 6) is -0.825. The number of rotatable bonds is 7. The molecule has 0 fully saturated rings. The van der Waals surface area contributed by atoms with Crippen molar-refractivity contribution in [3.63, 3.8) is 0 Å². The van der Waals surface area contributed by atoms with Crippen molar-refractivity contribution in [2.75, 3.05) is 12.4 Å². The first-order valence-electron chi connectivity index (χ1n) is 10.7. The molecule has 0 bridgehead atoms. The highest BCUT2D eigenvalue weighted by Gasteiger charge is 2.12. The van der Waals surface area contributed by atoms with Gasteiger partial charge in [0.2, 0.25) is 11.8 Å². The van der Waals surface area contributed by atoms with Gasteiger partial charge in [-0.3, -0.25) is 9.59 Å². The summed E-state index contributed by atoms with van der Waals surface area (Å²) in [6.45, 7) is 0. The van der Waals surface area contributed by atoms with Gasteiger partial charge < -0.3 is 10.6 Å². The molecule has 0 spiro atoms. The molecule has 7 heteroatoms. The van der Waals surface area contributed by atoms with Gasteiger partial charge in [0.05, 0.1) is 17.8 Å². The SMILES string of the molecule is CNC(=O)Cc1ccccc1NC(=O)/C=C/c1cn(-c2ccccc2)nc1-c1ccc(F)cc1. The molecule has 1 aromatic heterocycles. The van der Waals surface area contributed by atoms with Crippen molar-refractivity contribution in [3.8, 4) is 16.9 Å². The number of anilines is 1. The van der Waals surface area contributed by atoms with Gasteiger partial charge in [0.25, 0.3) is 0 Å². The third-order valence-corrected chi connectivity index (χ3v) is 5.20. The maximum Gasteiger partial charge on any atom is 0.248 e. The number of hydrogen-bond acceptors (Lipinski definition) is 3. The minimum Gasteiger partial charge on any atom is -0.359 e. The summed E-state index contributed by atoms with van der Waals surface area (Å²) in [4.78, 5) is 24.5. The van der Waals surface area contributed by atoms with E-state index >= 15 is 0 Å². The zero-order valence-corrected chi connectivity index (χ0v) is 18.5. The van der Waals surface area contributed by atoms with E-state index in [0.29, 0.717) is 22.5 Å². The third kappa shape index (κ3) is 5.45. The number of halogens is 1. The molecule has 1 heterocycles. The summed E-state index contributed by atoms with van der Waals surface area (Å²) < 4.78 is 15.2. The lowest BCUT2D eigenvalue weighted by Crippen LogP contribution is -2.21. The normalized spacial score (nSPS) is 10.9. The van der Waals surface area contributed by atoms with Crippen molar-refractivity contribution in [1.82, 2.24) is 15.1 Å². The van der Waals surface area contributed by atoms with Crippen LogP contribution in [0.3, 0.4) is 0 Å². The molecule has 0 atom stereocenters. The summed E-state index contributed by atoms with van der Waals surface area (Å²) in [5.41, 5.74) is 4.19. The van der Waals surface area contributed by atoms with Gasteiger partial charge in [-0.2, -0.15) is 5.10 Å². The highest BCUT2D eigenvalue weighted by molar-refractivity contribution is 6.03. The van der Waals surface area contributed by atoms with E-state index in [1.807, 2.05) is 42.6 Å². The Hall–Kier alpha value is -4.52. The van der Waals surface area contributed by atoms with Crippen LogP contribution in [0.2, 0.25) is 0 Å². The number of likely N-dealkylation sites (N-methyl/N-ethyl adjacent to an activating group) is 1. The fraction of sp³-hybridized carbons (Fsp3) is 0.0741. The first-order chi connectivity index (χ1) is 16.5. The molecule has 170 valence electrons. The molecule has 4 rings (SSSR count). The van der Waals surface area contributed by atoms with Crippen LogP contribution in [0.5, 0.6) is 0 Å². The predicted octanol–water partition coefficient (Wildman–Crippen LogP) is 4.62. The van der Waals surface area contributed by atoms with Gasteiger partial charge in [0, 0.05) is 36.1 Å². The molecule has 0 unspecified atom stereocenters. The monoisotopic (exact) mass is 454 g/mol. The molecule has 6 nitrogen and oxygen atoms in total. The molecule has 2 amide bonds. The molecule has 0 aliphatic heterocycles. The Morgan fingerprint density at radius 2 is 1.68 bits per heavy atom. The zero-order chi connectivity index (χ0) is 23.9. The lowest BCUT2D eigenvalue weighted by atomic mass is 10.1. The maximum atomic E-state index is 13.5. The third-order valence-electron chi connectivity index (χ3n) is 5.20. The summed E-state index contributed by atoms with van der Waals surface area (Å²) in [6.07, 6.45) is 5.06. The molecule has 0 radical (unpaired) electrons. The van der Waals surface area contributed by atoms with Crippen molar-refractivity contribution in [2.24, 2.45) is 0 Å². The van der Waals surface area contributed by atoms with E-state index in [1.54, 1.807) is 48.1 Å². The van der Waals surface area contributed by atoms with Gasteiger partial charge in [-0.1, -0.05) is 36.4 Å². The molecule has 3 aromatic carbocycles. The van der Waals surface area contributed by atoms with E-state index in [1.165, 1.54) is 18.2 Å². The molecule has 0 aliphatic rings. The van der Waals surface area contributed by atoms with Gasteiger partial charge in [0.1, 0.15) is 5.82 Å². The summed E-state index contributed by atoms with van der Waals surface area (Å²) in [5, 5.41) is 10.1. The van der Waals surface area contributed by atoms with Crippen molar-refractivity contribution in [3.05, 3.63) is 108 Å². The van der Waals surface area contributed by atoms with E-state index in [0.717, 1.165) is 11.3 Å². The fourth-order valence-electron chi connectivity index (χ4n) is 3.45. The van der Waals surface area contributed by atoms with Gasteiger partial charge in [-0.25, -0.2) is 9.07 Å². The van der Waals surface area contributed by atoms with Crippen LogP contribution in [0, 0.1) is 5.82 Å². The first-order valence-corrected chi connectivity index (χ1v) is 10.7. The number of aromatic nitrogens is 2. The van der Waals surface area contributed by atoms with Crippen LogP contribution in [-0.2, 0) is 16.0 Å². The zero-order valence-electron chi connectivity index (χ0n) is 18.5. The molecular formula is C27H23FN4O2. The van der Waals surface area contributed by atoms with Gasteiger partial charge in [-0.15, -0.1) is 0 Å². The van der Waals surface area contributed by atoms with Crippen LogP contribution in [0.15, 0.2) is 91.1 Å². The molecule has 0 saturated carbocycles. The van der Waals surface area contributed by atoms with Crippen LogP contribution >= 0.6 is 0 Å². The lowest BCUT2D eigenvalue weighted by Gasteiger charge is -2.09. The number of nitrogens with one attached hydrogen (secondary N) is 2. The van der Waals surface area contributed by atoms with E-state index in [2.05, 4.69) is 15.7 Å². The van der Waals surface area contributed by atoms with Crippen LogP contribution in [-0.4, -0.2) is 28.6 Å². The van der Waals surface area contributed by atoms with E-state index in [-0.39, 0.29) is 24.1 Å². The highest BCUT2D eigenvalue weighted by atomic mass is 19.1. The Bertz CT molecular complexity index is 1330. The standard InChI is InChI=1S/C27H23FN4O2/c1-29-26(34)17-20-7-5-6-10-24(20)30-25(33)16-13-21-18-32(23-8-3-2-4-9-23)31-27(21)19-11-14-22(28)15-12-19/h2-16,18H,17H2,1H3,(H,29,34)(H,30,33)/b16-13+. The molecule has 0 aliphatic carbocycles. The largest absolute Gasteiger partial charge is 0.359 e. The summed E-state index contributed by atoms with van der Waals surface area (Å²) >= 11 is 0. The first kappa shape index (κ1) is 22.7. The van der Waals surface area contributed by atoms with Crippen molar-refractivity contribution < 1.29 is 14.0 Å². The number of carbonyl (C=O) groups is 2. The highest BCUT2D eigenvalue weighted by Crippen LogP contribution is 2.25. The number of carbonyl (C=O) groups excluding carboxylic acids is 2. The van der Waals surface area contributed by atoms with Gasteiger partial charge >= 0.3 is 0 Å². The van der Waals surface area contributed by atoms with E-state index in [9.17, 15) is 14.0 Å². The smallest absolute Gasteiger partial charge is 0.248 e. The summed E-state index contributed by atoms with van der Waals surface area (Å²) in [7, 11) is 1.57. The number of para-hydroxylation sites is 2. The van der Waals surface area contributed by atoms with Gasteiger partial charge in [0.15, 0.2) is 0 Å². The maximum absolute atomic E-state index is 13.5. The Labute approximate surface area is 196 Å². The van der Waals surface area contributed by atoms with Crippen LogP contribution < -0.4 is 10.6 Å². The second-order valence-corrected chi connectivity index (χ2v) is 7.55. The van der Waals surface area contributed by atoms with Crippen molar-refractivity contribution >= 4 is 23.6 Å². The van der Waals surface area contributed by atoms with Crippen LogP contribution in [0.4, 0.5) is 10.1 Å². The molecule has 4 aromatic rings. The Balaban J connectivity index is 1.61. The molecule has 34 heavy (non-hydrogen) atoms. The number of hydrogen-bond donors (Lipinski definition) is 2. The van der Waals surface area contributed by atoms with Gasteiger partial charge in [-0.05, 0) is 54.1 Å². The number of benzene rings is 3. The van der Waals surface area contributed by atoms with E-state index < -0.39 is 0 Å². The molecule has 2 N–H and O–H groups in total. The minimum absolute atomic E-state index is 0.144. The Kier molecular flexibility index (Phi) is 6.93. The fourth-order valence-corrected chi connectivity index (χ4v) is 3.45. The Morgan fingerprint density at radius 1 is 0.971 bits per heavy atom. The summed E-state index contributed by atoms with van der Waals surface area (Å²) in [6, 6.07) is 22.8. The van der Waals surface area contributed by atoms with Crippen molar-refractivity contribution in [2.45, 2.75) is 6.42 Å². The minimum atomic E-state index is -0.345. The molecular weight excluding hydrogens is 431 g/mol. The number of nitrogens with zero attached hydrogens (tertiary/aromatic N) is 2. The quantitative estimate of drug-likeness (QED) is 0.400. The van der Waals surface area contributed by atoms with Crippen molar-refractivity contribution in [1.29, 1.82) is 0 Å². The molecule has 0 saturated heterocycles.